The summed E-state index contributed by atoms with van der Waals surface area (Å²) in [6.45, 7) is 4.46. The molecule has 0 spiro atoms. The summed E-state index contributed by atoms with van der Waals surface area (Å²) < 4.78 is 1.32. The van der Waals surface area contributed by atoms with Crippen molar-refractivity contribution >= 4 is 5.91 Å². The van der Waals surface area contributed by atoms with E-state index in [2.05, 4.69) is 0 Å². The maximum absolute atomic E-state index is 12.6. The average Bonchev–Trinajstić information content (AvgIpc) is 2.55. The van der Waals surface area contributed by atoms with Crippen LogP contribution in [0.1, 0.15) is 34.6 Å². The SMILES string of the molecule is CCN(CC(O)c1ccc(C)cc1)C(=O)c1cccc(=O)n1C. The van der Waals surface area contributed by atoms with Crippen molar-refractivity contribution in [1.29, 1.82) is 0 Å². The number of rotatable bonds is 5. The topological polar surface area (TPSA) is 62.5 Å². The van der Waals surface area contributed by atoms with E-state index in [1.165, 1.54) is 10.6 Å². The van der Waals surface area contributed by atoms with Crippen molar-refractivity contribution < 1.29 is 9.90 Å². The second-order valence-electron chi connectivity index (χ2n) is 5.58. The number of aliphatic hydroxyl groups excluding tert-OH is 1. The largest absolute Gasteiger partial charge is 0.387 e. The van der Waals surface area contributed by atoms with E-state index in [0.717, 1.165) is 11.1 Å². The van der Waals surface area contributed by atoms with Crippen LogP contribution in [0, 0.1) is 6.92 Å². The molecule has 0 aliphatic carbocycles. The van der Waals surface area contributed by atoms with Crippen molar-refractivity contribution in [3.05, 3.63) is 69.6 Å². The molecule has 1 aromatic heterocycles. The van der Waals surface area contributed by atoms with Crippen LogP contribution in [-0.2, 0) is 7.05 Å². The number of aryl methyl sites for hydroxylation is 1. The normalized spacial score (nSPS) is 12.0. The maximum atomic E-state index is 12.6. The van der Waals surface area contributed by atoms with E-state index >= 15 is 0 Å². The summed E-state index contributed by atoms with van der Waals surface area (Å²) in [5, 5.41) is 10.4. The molecule has 1 N–H and O–H groups in total. The first-order chi connectivity index (χ1) is 10.9. The zero-order chi connectivity index (χ0) is 17.0. The molecule has 0 radical (unpaired) electrons. The molecule has 0 bridgehead atoms. The Kier molecular flexibility index (Phi) is 5.34. The molecule has 0 saturated carbocycles. The Morgan fingerprint density at radius 2 is 1.87 bits per heavy atom. The van der Waals surface area contributed by atoms with Crippen molar-refractivity contribution in [1.82, 2.24) is 9.47 Å². The van der Waals surface area contributed by atoms with Crippen LogP contribution in [0.3, 0.4) is 0 Å². The summed E-state index contributed by atoms with van der Waals surface area (Å²) in [5.74, 6) is -0.265. The third-order valence-electron chi connectivity index (χ3n) is 3.93. The lowest BCUT2D eigenvalue weighted by molar-refractivity contribution is 0.0624. The zero-order valence-corrected chi connectivity index (χ0v) is 13.7. The van der Waals surface area contributed by atoms with Gasteiger partial charge in [0.25, 0.3) is 11.5 Å². The van der Waals surface area contributed by atoms with E-state index in [-0.39, 0.29) is 18.0 Å². The highest BCUT2D eigenvalue weighted by Crippen LogP contribution is 2.16. The van der Waals surface area contributed by atoms with Crippen LogP contribution < -0.4 is 5.56 Å². The van der Waals surface area contributed by atoms with Gasteiger partial charge in [-0.25, -0.2) is 0 Å². The molecule has 0 saturated heterocycles. The van der Waals surface area contributed by atoms with Crippen molar-refractivity contribution in [2.45, 2.75) is 20.0 Å². The summed E-state index contributed by atoms with van der Waals surface area (Å²) in [7, 11) is 1.57. The molecule has 1 atom stereocenters. The van der Waals surface area contributed by atoms with Gasteiger partial charge in [0.2, 0.25) is 0 Å². The van der Waals surface area contributed by atoms with Crippen LogP contribution in [0.5, 0.6) is 0 Å². The average molecular weight is 314 g/mol. The number of hydrogen-bond acceptors (Lipinski definition) is 3. The summed E-state index contributed by atoms with van der Waals surface area (Å²) >= 11 is 0. The Morgan fingerprint density at radius 1 is 1.22 bits per heavy atom. The minimum absolute atomic E-state index is 0.182. The third kappa shape index (κ3) is 3.87. The maximum Gasteiger partial charge on any atom is 0.270 e. The number of hydrogen-bond donors (Lipinski definition) is 1. The lowest BCUT2D eigenvalue weighted by Crippen LogP contribution is -2.37. The van der Waals surface area contributed by atoms with Gasteiger partial charge in [0.15, 0.2) is 0 Å². The highest BCUT2D eigenvalue weighted by molar-refractivity contribution is 5.92. The quantitative estimate of drug-likeness (QED) is 0.917. The van der Waals surface area contributed by atoms with Gasteiger partial charge in [-0.05, 0) is 25.5 Å². The predicted molar refractivity (Wildman–Crippen MR) is 89.4 cm³/mol. The number of likely N-dealkylation sites (N-methyl/N-ethyl adjacent to an activating group) is 1. The predicted octanol–water partition coefficient (Wildman–Crippen LogP) is 1.89. The minimum atomic E-state index is -0.764. The van der Waals surface area contributed by atoms with E-state index in [0.29, 0.717) is 12.2 Å². The molecule has 5 heteroatoms. The zero-order valence-electron chi connectivity index (χ0n) is 13.7. The molecule has 2 rings (SSSR count). The Hall–Kier alpha value is -2.40. The molecule has 1 amide bonds. The van der Waals surface area contributed by atoms with Gasteiger partial charge in [0.1, 0.15) is 5.69 Å². The van der Waals surface area contributed by atoms with Crippen LogP contribution in [0.2, 0.25) is 0 Å². The van der Waals surface area contributed by atoms with Gasteiger partial charge >= 0.3 is 0 Å². The molecule has 23 heavy (non-hydrogen) atoms. The van der Waals surface area contributed by atoms with Gasteiger partial charge in [-0.2, -0.15) is 0 Å². The second-order valence-corrected chi connectivity index (χ2v) is 5.58. The van der Waals surface area contributed by atoms with Crippen molar-refractivity contribution in [2.75, 3.05) is 13.1 Å². The lowest BCUT2D eigenvalue weighted by atomic mass is 10.1. The van der Waals surface area contributed by atoms with Crippen LogP contribution in [0.15, 0.2) is 47.3 Å². The molecular formula is C18H22N2O3. The van der Waals surface area contributed by atoms with Gasteiger partial charge in [-0.15, -0.1) is 0 Å². The summed E-state index contributed by atoms with van der Waals surface area (Å²) in [6, 6.07) is 12.2. The lowest BCUT2D eigenvalue weighted by Gasteiger charge is -2.25. The summed E-state index contributed by atoms with van der Waals surface area (Å²) in [4.78, 5) is 25.8. The Morgan fingerprint density at radius 3 is 2.48 bits per heavy atom. The summed E-state index contributed by atoms with van der Waals surface area (Å²) in [6.07, 6.45) is -0.764. The van der Waals surface area contributed by atoms with Crippen LogP contribution in [0.25, 0.3) is 0 Å². The van der Waals surface area contributed by atoms with Gasteiger partial charge in [-0.3, -0.25) is 9.59 Å². The van der Waals surface area contributed by atoms with E-state index in [4.69, 9.17) is 0 Å². The van der Waals surface area contributed by atoms with Crippen molar-refractivity contribution in [2.24, 2.45) is 7.05 Å². The molecule has 5 nitrogen and oxygen atoms in total. The fraction of sp³-hybridized carbons (Fsp3) is 0.333. The second kappa shape index (κ2) is 7.24. The molecule has 1 unspecified atom stereocenters. The number of amides is 1. The Balaban J connectivity index is 2.19. The smallest absolute Gasteiger partial charge is 0.270 e. The first kappa shape index (κ1) is 17.0. The number of carbonyl (C=O) groups excluding carboxylic acids is 1. The molecule has 122 valence electrons. The molecule has 2 aromatic rings. The molecule has 0 aliphatic heterocycles. The molecular weight excluding hydrogens is 292 g/mol. The van der Waals surface area contributed by atoms with Crippen molar-refractivity contribution in [3.8, 4) is 0 Å². The number of aliphatic hydroxyl groups is 1. The first-order valence-corrected chi connectivity index (χ1v) is 7.64. The molecule has 1 heterocycles. The monoisotopic (exact) mass is 314 g/mol. The van der Waals surface area contributed by atoms with Crippen LogP contribution in [0.4, 0.5) is 0 Å². The Labute approximate surface area is 135 Å². The Bertz CT molecular complexity index is 735. The molecule has 1 aromatic carbocycles. The van der Waals surface area contributed by atoms with E-state index in [1.807, 2.05) is 38.1 Å². The molecule has 0 aliphatic rings. The number of carbonyl (C=O) groups is 1. The van der Waals surface area contributed by atoms with Crippen molar-refractivity contribution in [3.63, 3.8) is 0 Å². The number of pyridine rings is 1. The fourth-order valence-electron chi connectivity index (χ4n) is 2.40. The van der Waals surface area contributed by atoms with Crippen LogP contribution in [-0.4, -0.2) is 33.6 Å². The standard InChI is InChI=1S/C18H22N2O3/c1-4-20(12-16(21)14-10-8-13(2)9-11-14)18(23)15-6-5-7-17(22)19(15)3/h5-11,16,21H,4,12H2,1-3H3. The van der Waals surface area contributed by atoms with Crippen LogP contribution >= 0.6 is 0 Å². The van der Waals surface area contributed by atoms with E-state index < -0.39 is 6.10 Å². The minimum Gasteiger partial charge on any atom is -0.387 e. The number of aromatic nitrogens is 1. The van der Waals surface area contributed by atoms with Gasteiger partial charge in [0, 0.05) is 19.7 Å². The van der Waals surface area contributed by atoms with Gasteiger partial charge < -0.3 is 14.6 Å². The van der Waals surface area contributed by atoms with E-state index in [1.54, 1.807) is 24.1 Å². The van der Waals surface area contributed by atoms with E-state index in [9.17, 15) is 14.7 Å². The first-order valence-electron chi connectivity index (χ1n) is 7.64. The third-order valence-corrected chi connectivity index (χ3v) is 3.93. The van der Waals surface area contributed by atoms with Gasteiger partial charge in [0.05, 0.1) is 12.6 Å². The number of nitrogens with zero attached hydrogens (tertiary/aromatic N) is 2. The highest BCUT2D eigenvalue weighted by atomic mass is 16.3. The molecule has 0 fully saturated rings. The van der Waals surface area contributed by atoms with Gasteiger partial charge in [-0.1, -0.05) is 35.9 Å². The highest BCUT2D eigenvalue weighted by Gasteiger charge is 2.20. The fourth-order valence-corrected chi connectivity index (χ4v) is 2.40. The number of benzene rings is 1. The summed E-state index contributed by atoms with van der Waals surface area (Å²) in [5.41, 5.74) is 1.97.